The van der Waals surface area contributed by atoms with Crippen LogP contribution in [-0.4, -0.2) is 13.1 Å². The number of nitrogens with two attached hydrogens (primary N) is 2. The fourth-order valence-corrected chi connectivity index (χ4v) is 1.12. The maximum Gasteiger partial charge on any atom is 0.340 e. The Labute approximate surface area is 92.1 Å². The molecule has 0 amide bonds. The Kier molecular flexibility index (Phi) is 3.84. The zero-order chi connectivity index (χ0) is 12.1. The first-order valence-electron chi connectivity index (χ1n) is 4.40. The van der Waals surface area contributed by atoms with Crippen molar-refractivity contribution in [2.45, 2.75) is 0 Å². The Hall–Kier alpha value is -2.08. The third kappa shape index (κ3) is 2.48. The van der Waals surface area contributed by atoms with Crippen molar-refractivity contribution in [2.75, 3.05) is 12.1 Å². The van der Waals surface area contributed by atoms with E-state index in [1.165, 1.54) is 31.6 Å². The summed E-state index contributed by atoms with van der Waals surface area (Å²) >= 11 is 0. The van der Waals surface area contributed by atoms with E-state index in [1.807, 2.05) is 0 Å². The second kappa shape index (κ2) is 5.13. The van der Waals surface area contributed by atoms with E-state index in [0.29, 0.717) is 5.69 Å². The number of rotatable bonds is 3. The first kappa shape index (κ1) is 12.0. The van der Waals surface area contributed by atoms with Gasteiger partial charge >= 0.3 is 5.97 Å². The van der Waals surface area contributed by atoms with Gasteiger partial charge in [-0.1, -0.05) is 0 Å². The van der Waals surface area contributed by atoms with E-state index in [2.05, 4.69) is 4.74 Å². The lowest BCUT2D eigenvalue weighted by Crippen LogP contribution is -2.24. The standard InChI is InChI=1S/C10H12FN3O2/c1-16-10(15)8-3-2-7(6-9(8)11)14(13)5-4-12/h2-6H,12-13H2,1H3/b5-4-. The maximum atomic E-state index is 13.4. The molecule has 0 aliphatic carbocycles. The highest BCUT2D eigenvalue weighted by molar-refractivity contribution is 5.90. The molecule has 0 saturated carbocycles. The maximum absolute atomic E-state index is 13.4. The predicted octanol–water partition coefficient (Wildman–Crippen LogP) is 0.722. The molecule has 0 spiro atoms. The highest BCUT2D eigenvalue weighted by atomic mass is 19.1. The summed E-state index contributed by atoms with van der Waals surface area (Å²) in [5, 5.41) is 1.13. The van der Waals surface area contributed by atoms with Gasteiger partial charge in [0.25, 0.3) is 0 Å². The molecule has 1 aromatic rings. The monoisotopic (exact) mass is 225 g/mol. The average molecular weight is 225 g/mol. The van der Waals surface area contributed by atoms with Crippen LogP contribution in [0.1, 0.15) is 10.4 Å². The van der Waals surface area contributed by atoms with Gasteiger partial charge in [-0.3, -0.25) is 5.01 Å². The predicted molar refractivity (Wildman–Crippen MR) is 57.7 cm³/mol. The number of benzene rings is 1. The Morgan fingerprint density at radius 1 is 1.56 bits per heavy atom. The summed E-state index contributed by atoms with van der Waals surface area (Å²) in [6.45, 7) is 0. The summed E-state index contributed by atoms with van der Waals surface area (Å²) in [7, 11) is 1.18. The summed E-state index contributed by atoms with van der Waals surface area (Å²) in [5.41, 5.74) is 5.36. The summed E-state index contributed by atoms with van der Waals surface area (Å²) in [5.74, 6) is 4.08. The molecule has 0 bridgehead atoms. The minimum Gasteiger partial charge on any atom is -0.465 e. The van der Waals surface area contributed by atoms with Crippen molar-refractivity contribution in [3.8, 4) is 0 Å². The van der Waals surface area contributed by atoms with Gasteiger partial charge in [-0.2, -0.15) is 0 Å². The van der Waals surface area contributed by atoms with Crippen LogP contribution < -0.4 is 16.6 Å². The molecule has 0 aliphatic heterocycles. The van der Waals surface area contributed by atoms with Crippen LogP contribution in [0.3, 0.4) is 0 Å². The van der Waals surface area contributed by atoms with Gasteiger partial charge in [0, 0.05) is 12.4 Å². The fourth-order valence-electron chi connectivity index (χ4n) is 1.12. The molecule has 86 valence electrons. The molecule has 0 saturated heterocycles. The van der Waals surface area contributed by atoms with Crippen LogP contribution in [0.2, 0.25) is 0 Å². The molecule has 0 unspecified atom stereocenters. The summed E-state index contributed by atoms with van der Waals surface area (Å²) < 4.78 is 17.9. The second-order valence-corrected chi connectivity index (χ2v) is 2.90. The third-order valence-electron chi connectivity index (χ3n) is 1.90. The molecule has 16 heavy (non-hydrogen) atoms. The molecular formula is C10H12FN3O2. The molecule has 0 heterocycles. The quantitative estimate of drug-likeness (QED) is 0.450. The van der Waals surface area contributed by atoms with Crippen molar-refractivity contribution in [1.29, 1.82) is 0 Å². The summed E-state index contributed by atoms with van der Waals surface area (Å²) in [6, 6.07) is 3.89. The van der Waals surface area contributed by atoms with Gasteiger partial charge in [0.1, 0.15) is 5.82 Å². The second-order valence-electron chi connectivity index (χ2n) is 2.90. The first-order valence-corrected chi connectivity index (χ1v) is 4.40. The number of hydrogen-bond acceptors (Lipinski definition) is 5. The summed E-state index contributed by atoms with van der Waals surface area (Å²) in [4.78, 5) is 11.1. The Morgan fingerprint density at radius 3 is 2.75 bits per heavy atom. The van der Waals surface area contributed by atoms with Crippen LogP contribution in [0.5, 0.6) is 0 Å². The fraction of sp³-hybridized carbons (Fsp3) is 0.100. The van der Waals surface area contributed by atoms with Gasteiger partial charge < -0.3 is 10.5 Å². The van der Waals surface area contributed by atoms with Crippen LogP contribution in [0.4, 0.5) is 10.1 Å². The Morgan fingerprint density at radius 2 is 2.25 bits per heavy atom. The molecule has 4 N–H and O–H groups in total. The van der Waals surface area contributed by atoms with Crippen molar-refractivity contribution < 1.29 is 13.9 Å². The smallest absolute Gasteiger partial charge is 0.340 e. The number of ether oxygens (including phenoxy) is 1. The minimum atomic E-state index is -0.734. The van der Waals surface area contributed by atoms with Gasteiger partial charge in [0.05, 0.1) is 18.4 Å². The highest BCUT2D eigenvalue weighted by Gasteiger charge is 2.13. The lowest BCUT2D eigenvalue weighted by atomic mass is 10.2. The van der Waals surface area contributed by atoms with E-state index in [9.17, 15) is 9.18 Å². The number of carbonyl (C=O) groups is 1. The number of esters is 1. The number of carbonyl (C=O) groups excluding carboxylic acids is 1. The highest BCUT2D eigenvalue weighted by Crippen LogP contribution is 2.17. The number of hydrazine groups is 1. The van der Waals surface area contributed by atoms with E-state index >= 15 is 0 Å². The van der Waals surface area contributed by atoms with E-state index in [0.717, 1.165) is 11.1 Å². The van der Waals surface area contributed by atoms with Gasteiger partial charge in [-0.05, 0) is 18.2 Å². The number of hydrogen-bond donors (Lipinski definition) is 2. The Bertz CT molecular complexity index is 421. The normalized spacial score (nSPS) is 10.4. The van der Waals surface area contributed by atoms with Gasteiger partial charge in [-0.25, -0.2) is 15.0 Å². The zero-order valence-corrected chi connectivity index (χ0v) is 8.68. The van der Waals surface area contributed by atoms with Crippen molar-refractivity contribution in [3.05, 3.63) is 42.0 Å². The molecule has 0 aromatic heterocycles. The van der Waals surface area contributed by atoms with Crippen LogP contribution in [-0.2, 0) is 4.74 Å². The van der Waals surface area contributed by atoms with Crippen molar-refractivity contribution in [1.82, 2.24) is 0 Å². The number of halogens is 1. The number of anilines is 1. The molecule has 0 atom stereocenters. The van der Waals surface area contributed by atoms with Crippen molar-refractivity contribution in [3.63, 3.8) is 0 Å². The molecule has 0 fully saturated rings. The van der Waals surface area contributed by atoms with E-state index < -0.39 is 11.8 Å². The van der Waals surface area contributed by atoms with E-state index in [-0.39, 0.29) is 5.56 Å². The number of nitrogens with zero attached hydrogens (tertiary/aromatic N) is 1. The van der Waals surface area contributed by atoms with Crippen LogP contribution in [0.15, 0.2) is 30.6 Å². The van der Waals surface area contributed by atoms with Gasteiger partial charge in [0.15, 0.2) is 0 Å². The van der Waals surface area contributed by atoms with Crippen molar-refractivity contribution in [2.24, 2.45) is 11.6 Å². The number of methoxy groups -OCH3 is 1. The van der Waals surface area contributed by atoms with Crippen LogP contribution in [0.25, 0.3) is 0 Å². The van der Waals surface area contributed by atoms with E-state index in [4.69, 9.17) is 11.6 Å². The van der Waals surface area contributed by atoms with Crippen LogP contribution in [0, 0.1) is 5.82 Å². The van der Waals surface area contributed by atoms with E-state index in [1.54, 1.807) is 0 Å². The molecule has 0 aliphatic rings. The topological polar surface area (TPSA) is 81.6 Å². The molecule has 5 nitrogen and oxygen atoms in total. The SMILES string of the molecule is COC(=O)c1ccc(N(N)/C=C\N)cc1F. The lowest BCUT2D eigenvalue weighted by molar-refractivity contribution is 0.0595. The molecule has 6 heteroatoms. The lowest BCUT2D eigenvalue weighted by Gasteiger charge is -2.13. The molecular weight excluding hydrogens is 213 g/mol. The van der Waals surface area contributed by atoms with Gasteiger partial charge in [0.2, 0.25) is 0 Å². The van der Waals surface area contributed by atoms with Gasteiger partial charge in [-0.15, -0.1) is 0 Å². The first-order chi connectivity index (χ1) is 7.60. The largest absolute Gasteiger partial charge is 0.465 e. The Balaban J connectivity index is 3.03. The zero-order valence-electron chi connectivity index (χ0n) is 8.68. The molecule has 1 aromatic carbocycles. The molecule has 0 radical (unpaired) electrons. The molecule has 1 rings (SSSR count). The van der Waals surface area contributed by atoms with Crippen molar-refractivity contribution >= 4 is 11.7 Å². The average Bonchev–Trinajstić information content (AvgIpc) is 2.28. The minimum absolute atomic E-state index is 0.142. The van der Waals surface area contributed by atoms with Crippen LogP contribution >= 0.6 is 0 Å². The third-order valence-corrected chi connectivity index (χ3v) is 1.90. The summed E-state index contributed by atoms with van der Waals surface area (Å²) in [6.07, 6.45) is 2.57.